The van der Waals surface area contributed by atoms with Crippen molar-refractivity contribution in [3.8, 4) is 23.1 Å². The van der Waals surface area contributed by atoms with E-state index in [1.54, 1.807) is 31.0 Å². The van der Waals surface area contributed by atoms with Crippen LogP contribution in [0.5, 0.6) is 5.75 Å². The highest BCUT2D eigenvalue weighted by atomic mass is 79.9. The maximum absolute atomic E-state index is 8.94. The largest absolute Gasteiger partial charge is 0.495 e. The predicted octanol–water partition coefficient (Wildman–Crippen LogP) is 3.38. The van der Waals surface area contributed by atoms with E-state index in [0.29, 0.717) is 20.9 Å². The zero-order valence-electron chi connectivity index (χ0n) is 9.74. The van der Waals surface area contributed by atoms with Crippen LogP contribution in [0.25, 0.3) is 11.3 Å². The smallest absolute Gasteiger partial charge is 0.177 e. The zero-order chi connectivity index (χ0) is 13.3. The van der Waals surface area contributed by atoms with Crippen LogP contribution in [0.1, 0.15) is 5.69 Å². The summed E-state index contributed by atoms with van der Waals surface area (Å²) in [5.74, 6) is 0.610. The van der Waals surface area contributed by atoms with Crippen molar-refractivity contribution in [1.29, 1.82) is 5.26 Å². The molecule has 0 amide bonds. The molecule has 0 fully saturated rings. The van der Waals surface area contributed by atoms with Crippen molar-refractivity contribution in [1.82, 2.24) is 9.78 Å². The molecular formula is C12H9BrClN3O. The van der Waals surface area contributed by atoms with Crippen molar-refractivity contribution in [3.05, 3.63) is 33.4 Å². The first-order valence-corrected chi connectivity index (χ1v) is 6.22. The Hall–Kier alpha value is -1.51. The molecule has 0 aliphatic carbocycles. The summed E-state index contributed by atoms with van der Waals surface area (Å²) in [6.45, 7) is 0. The minimum absolute atomic E-state index is 0.347. The van der Waals surface area contributed by atoms with Gasteiger partial charge in [0.15, 0.2) is 5.69 Å². The number of halogens is 2. The van der Waals surface area contributed by atoms with Gasteiger partial charge in [-0.25, -0.2) is 0 Å². The molecular weight excluding hydrogens is 318 g/mol. The molecule has 0 atom stereocenters. The predicted molar refractivity (Wildman–Crippen MR) is 72.6 cm³/mol. The van der Waals surface area contributed by atoms with E-state index in [1.165, 1.54) is 0 Å². The molecule has 18 heavy (non-hydrogen) atoms. The molecule has 1 aromatic carbocycles. The van der Waals surface area contributed by atoms with Crippen molar-refractivity contribution in [3.63, 3.8) is 0 Å². The first kappa shape index (κ1) is 12.9. The summed E-state index contributed by atoms with van der Waals surface area (Å²) < 4.78 is 7.40. The van der Waals surface area contributed by atoms with Gasteiger partial charge in [-0.15, -0.1) is 0 Å². The molecule has 0 aliphatic heterocycles. The highest BCUT2D eigenvalue weighted by Gasteiger charge is 2.16. The third-order valence-electron chi connectivity index (χ3n) is 2.52. The van der Waals surface area contributed by atoms with Gasteiger partial charge in [-0.05, 0) is 34.1 Å². The number of ether oxygens (including phenoxy) is 1. The summed E-state index contributed by atoms with van der Waals surface area (Å²) in [5, 5.41) is 13.6. The average Bonchev–Trinajstić information content (AvgIpc) is 2.64. The highest BCUT2D eigenvalue weighted by Crippen LogP contribution is 2.34. The van der Waals surface area contributed by atoms with Gasteiger partial charge in [0.1, 0.15) is 11.8 Å². The number of hydrogen-bond acceptors (Lipinski definition) is 3. The highest BCUT2D eigenvalue weighted by molar-refractivity contribution is 9.10. The third-order valence-corrected chi connectivity index (χ3v) is 3.57. The molecule has 0 aliphatic rings. The lowest BCUT2D eigenvalue weighted by molar-refractivity contribution is 0.415. The summed E-state index contributed by atoms with van der Waals surface area (Å²) in [7, 11) is 3.34. The molecule has 92 valence electrons. The minimum Gasteiger partial charge on any atom is -0.495 e. The van der Waals surface area contributed by atoms with Crippen LogP contribution in [0.3, 0.4) is 0 Å². The molecule has 0 N–H and O–H groups in total. The lowest BCUT2D eigenvalue weighted by Crippen LogP contribution is -1.94. The van der Waals surface area contributed by atoms with E-state index >= 15 is 0 Å². The second kappa shape index (κ2) is 5.01. The summed E-state index contributed by atoms with van der Waals surface area (Å²) in [5.41, 5.74) is 2.01. The number of methoxy groups -OCH3 is 1. The molecule has 0 saturated carbocycles. The first-order valence-electron chi connectivity index (χ1n) is 5.05. The van der Waals surface area contributed by atoms with Crippen molar-refractivity contribution in [2.75, 3.05) is 7.11 Å². The van der Waals surface area contributed by atoms with Gasteiger partial charge in [0.2, 0.25) is 0 Å². The van der Waals surface area contributed by atoms with Gasteiger partial charge in [-0.1, -0.05) is 11.6 Å². The maximum atomic E-state index is 8.94. The number of benzene rings is 1. The van der Waals surface area contributed by atoms with Crippen LogP contribution in [0.4, 0.5) is 0 Å². The SMILES string of the molecule is COc1ccc(-c2c(Br)c(C#N)nn2C)cc1Cl. The molecule has 0 saturated heterocycles. The van der Waals surface area contributed by atoms with Crippen LogP contribution >= 0.6 is 27.5 Å². The van der Waals surface area contributed by atoms with E-state index in [4.69, 9.17) is 21.6 Å². The number of hydrogen-bond donors (Lipinski definition) is 0. The van der Waals surface area contributed by atoms with Gasteiger partial charge in [0, 0.05) is 12.6 Å². The van der Waals surface area contributed by atoms with Crippen molar-refractivity contribution in [2.45, 2.75) is 0 Å². The van der Waals surface area contributed by atoms with E-state index in [-0.39, 0.29) is 0 Å². The summed E-state index contributed by atoms with van der Waals surface area (Å²) >= 11 is 9.47. The van der Waals surface area contributed by atoms with Crippen LogP contribution in [-0.2, 0) is 7.05 Å². The summed E-state index contributed by atoms with van der Waals surface area (Å²) in [6.07, 6.45) is 0. The number of nitriles is 1. The Kier molecular flexibility index (Phi) is 3.60. The molecule has 0 radical (unpaired) electrons. The van der Waals surface area contributed by atoms with Gasteiger partial charge in [-0.3, -0.25) is 4.68 Å². The van der Waals surface area contributed by atoms with Crippen LogP contribution in [0, 0.1) is 11.3 Å². The van der Waals surface area contributed by atoms with Crippen molar-refractivity contribution >= 4 is 27.5 Å². The zero-order valence-corrected chi connectivity index (χ0v) is 12.1. The Balaban J connectivity index is 2.60. The fourth-order valence-electron chi connectivity index (χ4n) is 1.70. The Morgan fingerprint density at radius 1 is 1.50 bits per heavy atom. The summed E-state index contributed by atoms with van der Waals surface area (Å²) in [6, 6.07) is 7.46. The van der Waals surface area contributed by atoms with Crippen LogP contribution in [0.15, 0.2) is 22.7 Å². The van der Waals surface area contributed by atoms with Gasteiger partial charge in [-0.2, -0.15) is 10.4 Å². The number of nitrogens with zero attached hydrogens (tertiary/aromatic N) is 3. The number of rotatable bonds is 2. The van der Waals surface area contributed by atoms with E-state index in [9.17, 15) is 0 Å². The van der Waals surface area contributed by atoms with Gasteiger partial charge in [0.05, 0.1) is 22.3 Å². The molecule has 6 heteroatoms. The van der Waals surface area contributed by atoms with E-state index in [1.807, 2.05) is 12.1 Å². The molecule has 4 nitrogen and oxygen atoms in total. The Morgan fingerprint density at radius 2 is 2.22 bits per heavy atom. The monoisotopic (exact) mass is 325 g/mol. The average molecular weight is 327 g/mol. The normalized spacial score (nSPS) is 10.2. The van der Waals surface area contributed by atoms with Gasteiger partial charge < -0.3 is 4.74 Å². The van der Waals surface area contributed by atoms with E-state index in [2.05, 4.69) is 21.0 Å². The lowest BCUT2D eigenvalue weighted by Gasteiger charge is -2.07. The van der Waals surface area contributed by atoms with Gasteiger partial charge in [0.25, 0.3) is 0 Å². The third kappa shape index (κ3) is 2.09. The first-order chi connectivity index (χ1) is 8.58. The standard InChI is InChI=1S/C12H9BrClN3O/c1-17-12(11(13)9(6-15)16-17)7-3-4-10(18-2)8(14)5-7/h3-5H,1-2H3. The summed E-state index contributed by atoms with van der Waals surface area (Å²) in [4.78, 5) is 0. The topological polar surface area (TPSA) is 50.8 Å². The Morgan fingerprint density at radius 3 is 2.72 bits per heavy atom. The molecule has 0 bridgehead atoms. The molecule has 1 heterocycles. The fourth-order valence-corrected chi connectivity index (χ4v) is 2.61. The Bertz CT molecular complexity index is 646. The van der Waals surface area contributed by atoms with Crippen LogP contribution < -0.4 is 4.74 Å². The molecule has 1 aromatic heterocycles. The number of aryl methyl sites for hydroxylation is 1. The van der Waals surface area contributed by atoms with Crippen LogP contribution in [-0.4, -0.2) is 16.9 Å². The van der Waals surface area contributed by atoms with Crippen molar-refractivity contribution < 1.29 is 4.74 Å². The lowest BCUT2D eigenvalue weighted by atomic mass is 10.1. The molecule has 2 rings (SSSR count). The van der Waals surface area contributed by atoms with E-state index < -0.39 is 0 Å². The molecule has 0 unspecified atom stereocenters. The van der Waals surface area contributed by atoms with Crippen LogP contribution in [0.2, 0.25) is 5.02 Å². The maximum Gasteiger partial charge on any atom is 0.177 e. The van der Waals surface area contributed by atoms with Gasteiger partial charge >= 0.3 is 0 Å². The second-order valence-corrected chi connectivity index (χ2v) is 4.80. The van der Waals surface area contributed by atoms with E-state index in [0.717, 1.165) is 11.3 Å². The molecule has 2 aromatic rings. The second-order valence-electron chi connectivity index (χ2n) is 3.60. The number of aromatic nitrogens is 2. The Labute approximate surface area is 118 Å². The fraction of sp³-hybridized carbons (Fsp3) is 0.167. The molecule has 0 spiro atoms. The quantitative estimate of drug-likeness (QED) is 0.850. The van der Waals surface area contributed by atoms with Crippen molar-refractivity contribution in [2.24, 2.45) is 7.05 Å². The minimum atomic E-state index is 0.347.